The highest BCUT2D eigenvalue weighted by Crippen LogP contribution is 2.25. The van der Waals surface area contributed by atoms with Crippen molar-refractivity contribution in [2.75, 3.05) is 26.2 Å². The lowest BCUT2D eigenvalue weighted by Gasteiger charge is -2.42. The SMILES string of the molecule is O=[N+]([O-])c1ccc(OC2CN(S(=O)(=O)N3CCC3)C2)cc1. The van der Waals surface area contributed by atoms with Crippen LogP contribution in [0.2, 0.25) is 0 Å². The molecule has 8 nitrogen and oxygen atoms in total. The third-order valence-electron chi connectivity index (χ3n) is 3.63. The van der Waals surface area contributed by atoms with Gasteiger partial charge >= 0.3 is 0 Å². The molecule has 2 heterocycles. The van der Waals surface area contributed by atoms with E-state index in [2.05, 4.69) is 0 Å². The second-order valence-corrected chi connectivity index (χ2v) is 7.00. The summed E-state index contributed by atoms with van der Waals surface area (Å²) in [5, 5.41) is 10.5. The number of nitrogens with zero attached hydrogens (tertiary/aromatic N) is 3. The molecule has 0 unspecified atom stereocenters. The molecule has 0 radical (unpaired) electrons. The van der Waals surface area contributed by atoms with Gasteiger partial charge in [0.05, 0.1) is 18.0 Å². The average molecular weight is 313 g/mol. The summed E-state index contributed by atoms with van der Waals surface area (Å²) in [5.41, 5.74) is -0.00190. The molecule has 2 saturated heterocycles. The Kier molecular flexibility index (Phi) is 3.56. The Morgan fingerprint density at radius 3 is 2.24 bits per heavy atom. The van der Waals surface area contributed by atoms with Crippen molar-refractivity contribution in [3.63, 3.8) is 0 Å². The van der Waals surface area contributed by atoms with Crippen LogP contribution in [0.3, 0.4) is 0 Å². The van der Waals surface area contributed by atoms with Gasteiger partial charge in [0.1, 0.15) is 11.9 Å². The molecule has 2 fully saturated rings. The lowest BCUT2D eigenvalue weighted by atomic mass is 10.2. The predicted molar refractivity (Wildman–Crippen MR) is 74.2 cm³/mol. The van der Waals surface area contributed by atoms with Crippen LogP contribution in [0.5, 0.6) is 5.75 Å². The van der Waals surface area contributed by atoms with Crippen molar-refractivity contribution in [3.8, 4) is 5.75 Å². The number of nitro groups is 1. The molecule has 0 amide bonds. The summed E-state index contributed by atoms with van der Waals surface area (Å²) in [7, 11) is -3.31. The highest BCUT2D eigenvalue weighted by atomic mass is 32.2. The molecule has 21 heavy (non-hydrogen) atoms. The minimum Gasteiger partial charge on any atom is -0.488 e. The standard InChI is InChI=1S/C12H15N3O5S/c16-15(17)10-2-4-11(5-3-10)20-12-8-14(9-12)21(18,19)13-6-1-7-13/h2-5,12H,1,6-9H2. The van der Waals surface area contributed by atoms with Crippen LogP contribution in [0, 0.1) is 10.1 Å². The minimum absolute atomic E-state index is 0.00190. The quantitative estimate of drug-likeness (QED) is 0.586. The molecule has 0 bridgehead atoms. The first-order valence-corrected chi connectivity index (χ1v) is 8.03. The van der Waals surface area contributed by atoms with Gasteiger partial charge in [-0.25, -0.2) is 0 Å². The maximum absolute atomic E-state index is 12.0. The molecular formula is C12H15N3O5S. The van der Waals surface area contributed by atoms with Gasteiger partial charge in [-0.15, -0.1) is 0 Å². The van der Waals surface area contributed by atoms with Gasteiger partial charge in [-0.05, 0) is 18.6 Å². The number of hydrogen-bond acceptors (Lipinski definition) is 5. The van der Waals surface area contributed by atoms with Gasteiger partial charge in [0.25, 0.3) is 15.9 Å². The summed E-state index contributed by atoms with van der Waals surface area (Å²) < 4.78 is 32.5. The van der Waals surface area contributed by atoms with E-state index in [4.69, 9.17) is 4.74 Å². The molecule has 0 spiro atoms. The van der Waals surface area contributed by atoms with Crippen LogP contribution >= 0.6 is 0 Å². The molecule has 1 aromatic rings. The van der Waals surface area contributed by atoms with E-state index in [1.807, 2.05) is 0 Å². The second kappa shape index (κ2) is 5.24. The zero-order chi connectivity index (χ0) is 15.0. The molecule has 2 aliphatic heterocycles. The Hall–Kier alpha value is -1.71. The molecule has 3 rings (SSSR count). The smallest absolute Gasteiger partial charge is 0.282 e. The predicted octanol–water partition coefficient (Wildman–Crippen LogP) is 0.608. The number of hydrogen-bond donors (Lipinski definition) is 0. The fourth-order valence-electron chi connectivity index (χ4n) is 2.18. The normalized spacial score (nSPS) is 20.6. The third-order valence-corrected chi connectivity index (χ3v) is 5.60. The first-order valence-electron chi connectivity index (χ1n) is 6.63. The van der Waals surface area contributed by atoms with Gasteiger partial charge in [0, 0.05) is 25.2 Å². The van der Waals surface area contributed by atoms with Crippen molar-refractivity contribution >= 4 is 15.9 Å². The second-order valence-electron chi connectivity index (χ2n) is 5.07. The molecule has 0 aromatic heterocycles. The number of ether oxygens (including phenoxy) is 1. The van der Waals surface area contributed by atoms with Crippen LogP contribution in [0.1, 0.15) is 6.42 Å². The third kappa shape index (κ3) is 2.71. The van der Waals surface area contributed by atoms with Crippen molar-refractivity contribution < 1.29 is 18.1 Å². The summed E-state index contributed by atoms with van der Waals surface area (Å²) in [6.07, 6.45) is 0.706. The number of non-ortho nitro benzene ring substituents is 1. The zero-order valence-corrected chi connectivity index (χ0v) is 12.0. The van der Waals surface area contributed by atoms with Crippen LogP contribution in [0.4, 0.5) is 5.69 Å². The van der Waals surface area contributed by atoms with Crippen molar-refractivity contribution in [2.45, 2.75) is 12.5 Å². The van der Waals surface area contributed by atoms with Crippen molar-refractivity contribution in [1.29, 1.82) is 0 Å². The number of rotatable bonds is 5. The summed E-state index contributed by atoms with van der Waals surface area (Å²) in [4.78, 5) is 10.1. The van der Waals surface area contributed by atoms with Gasteiger partial charge < -0.3 is 4.74 Å². The molecule has 0 atom stereocenters. The summed E-state index contributed by atoms with van der Waals surface area (Å²) in [5.74, 6) is 0.506. The number of benzene rings is 1. The van der Waals surface area contributed by atoms with Gasteiger partial charge in [0.15, 0.2) is 0 Å². The van der Waals surface area contributed by atoms with Crippen molar-refractivity contribution in [1.82, 2.24) is 8.61 Å². The average Bonchev–Trinajstić information content (AvgIpc) is 2.30. The Bertz CT molecular complexity index is 635. The van der Waals surface area contributed by atoms with E-state index in [1.165, 1.54) is 32.9 Å². The Balaban J connectivity index is 1.53. The topological polar surface area (TPSA) is 93.0 Å². The summed E-state index contributed by atoms with van der Waals surface area (Å²) >= 11 is 0. The molecule has 0 aliphatic carbocycles. The van der Waals surface area contributed by atoms with Crippen molar-refractivity contribution in [3.05, 3.63) is 34.4 Å². The fraction of sp³-hybridized carbons (Fsp3) is 0.500. The first kappa shape index (κ1) is 14.2. The van der Waals surface area contributed by atoms with Crippen molar-refractivity contribution in [2.24, 2.45) is 0 Å². The summed E-state index contributed by atoms with van der Waals surface area (Å²) in [6, 6.07) is 5.76. The lowest BCUT2D eigenvalue weighted by Crippen LogP contribution is -2.61. The minimum atomic E-state index is -3.31. The van der Waals surface area contributed by atoms with Crippen LogP contribution < -0.4 is 4.74 Å². The highest BCUT2D eigenvalue weighted by molar-refractivity contribution is 7.86. The highest BCUT2D eigenvalue weighted by Gasteiger charge is 2.42. The molecule has 1 aromatic carbocycles. The van der Waals surface area contributed by atoms with E-state index in [1.54, 1.807) is 0 Å². The van der Waals surface area contributed by atoms with Crippen LogP contribution in [-0.2, 0) is 10.2 Å². The monoisotopic (exact) mass is 313 g/mol. The largest absolute Gasteiger partial charge is 0.488 e. The Labute approximate surface area is 122 Å². The molecule has 2 aliphatic rings. The Morgan fingerprint density at radius 2 is 1.76 bits per heavy atom. The molecular weight excluding hydrogens is 298 g/mol. The van der Waals surface area contributed by atoms with E-state index in [9.17, 15) is 18.5 Å². The molecule has 9 heteroatoms. The van der Waals surface area contributed by atoms with Crippen LogP contribution in [0.15, 0.2) is 24.3 Å². The maximum Gasteiger partial charge on any atom is 0.282 e. The summed E-state index contributed by atoms with van der Waals surface area (Å²) in [6.45, 7) is 1.81. The van der Waals surface area contributed by atoms with Gasteiger partial charge in [0.2, 0.25) is 0 Å². The van der Waals surface area contributed by atoms with E-state index < -0.39 is 15.1 Å². The first-order chi connectivity index (χ1) is 9.96. The van der Waals surface area contributed by atoms with E-state index >= 15 is 0 Å². The molecule has 0 N–H and O–H groups in total. The van der Waals surface area contributed by atoms with Crippen LogP contribution in [0.25, 0.3) is 0 Å². The lowest BCUT2D eigenvalue weighted by molar-refractivity contribution is -0.384. The molecule has 0 saturated carbocycles. The van der Waals surface area contributed by atoms with E-state index in [-0.39, 0.29) is 11.8 Å². The maximum atomic E-state index is 12.0. The zero-order valence-electron chi connectivity index (χ0n) is 11.2. The van der Waals surface area contributed by atoms with Gasteiger partial charge in [-0.3, -0.25) is 10.1 Å². The molecule has 114 valence electrons. The number of nitro benzene ring substituents is 1. The van der Waals surface area contributed by atoms with Crippen LogP contribution in [-0.4, -0.2) is 54.2 Å². The Morgan fingerprint density at radius 1 is 1.14 bits per heavy atom. The fourth-order valence-corrected chi connectivity index (χ4v) is 3.94. The van der Waals surface area contributed by atoms with E-state index in [0.29, 0.717) is 31.9 Å². The van der Waals surface area contributed by atoms with Gasteiger partial charge in [-0.1, -0.05) is 0 Å². The van der Waals surface area contributed by atoms with Gasteiger partial charge in [-0.2, -0.15) is 17.0 Å². The van der Waals surface area contributed by atoms with E-state index in [0.717, 1.165) is 6.42 Å².